The zero-order chi connectivity index (χ0) is 10.7. The molecule has 15 heavy (non-hydrogen) atoms. The van der Waals surface area contributed by atoms with Crippen molar-refractivity contribution in [3.05, 3.63) is 29.1 Å². The molecule has 0 spiro atoms. The van der Waals surface area contributed by atoms with E-state index < -0.39 is 0 Å². The Morgan fingerprint density at radius 3 is 3.00 bits per heavy atom. The van der Waals surface area contributed by atoms with E-state index in [4.69, 9.17) is 10.5 Å². The third-order valence-electron chi connectivity index (χ3n) is 2.51. The van der Waals surface area contributed by atoms with Gasteiger partial charge in [-0.2, -0.15) is 0 Å². The monoisotopic (exact) mass is 221 g/mol. The summed E-state index contributed by atoms with van der Waals surface area (Å²) in [5, 5.41) is 3.47. The molecule has 2 N–H and O–H groups in total. The van der Waals surface area contributed by atoms with Gasteiger partial charge in [0.05, 0.1) is 7.11 Å². The molecule has 0 fully saturated rings. The van der Waals surface area contributed by atoms with E-state index in [0.29, 0.717) is 0 Å². The second-order valence-corrected chi connectivity index (χ2v) is 4.40. The molecule has 1 aromatic heterocycles. The maximum atomic E-state index is 5.53. The zero-order valence-corrected chi connectivity index (χ0v) is 9.64. The molecule has 2 nitrogen and oxygen atoms in total. The van der Waals surface area contributed by atoms with Gasteiger partial charge in [0.2, 0.25) is 0 Å². The van der Waals surface area contributed by atoms with Crippen molar-refractivity contribution in [2.75, 3.05) is 13.7 Å². The Morgan fingerprint density at radius 2 is 2.27 bits per heavy atom. The normalized spacial score (nSPS) is 10.8. The molecule has 80 valence electrons. The highest BCUT2D eigenvalue weighted by atomic mass is 32.1. The second kappa shape index (κ2) is 4.64. The first kappa shape index (κ1) is 10.5. The molecule has 0 atom stereocenters. The lowest BCUT2D eigenvalue weighted by Crippen LogP contribution is -2.00. The van der Waals surface area contributed by atoms with Gasteiger partial charge in [-0.3, -0.25) is 0 Å². The van der Waals surface area contributed by atoms with Crippen molar-refractivity contribution in [2.24, 2.45) is 5.73 Å². The van der Waals surface area contributed by atoms with Crippen LogP contribution < -0.4 is 10.5 Å². The van der Waals surface area contributed by atoms with Gasteiger partial charge in [0, 0.05) is 10.1 Å². The van der Waals surface area contributed by atoms with E-state index in [0.717, 1.165) is 25.1 Å². The molecule has 1 heterocycles. The number of hydrogen-bond acceptors (Lipinski definition) is 3. The van der Waals surface area contributed by atoms with Crippen molar-refractivity contribution < 1.29 is 4.74 Å². The van der Waals surface area contributed by atoms with Crippen LogP contribution in [-0.4, -0.2) is 13.7 Å². The van der Waals surface area contributed by atoms with Crippen LogP contribution in [0.5, 0.6) is 5.75 Å². The molecule has 0 aliphatic rings. The van der Waals surface area contributed by atoms with Crippen molar-refractivity contribution in [3.8, 4) is 5.75 Å². The fourth-order valence-electron chi connectivity index (χ4n) is 1.77. The summed E-state index contributed by atoms with van der Waals surface area (Å²) in [6.45, 7) is 0.743. The molecule has 2 aromatic rings. The lowest BCUT2D eigenvalue weighted by Gasteiger charge is -2.04. The summed E-state index contributed by atoms with van der Waals surface area (Å²) in [7, 11) is 1.72. The molecule has 0 radical (unpaired) electrons. The Balaban J connectivity index is 2.46. The highest BCUT2D eigenvalue weighted by Gasteiger charge is 2.08. The SMILES string of the molecule is COc1cccc2scc(CCCN)c12. The molecule has 0 saturated heterocycles. The van der Waals surface area contributed by atoms with Crippen LogP contribution in [0.2, 0.25) is 0 Å². The number of thiophene rings is 1. The van der Waals surface area contributed by atoms with E-state index in [-0.39, 0.29) is 0 Å². The standard InChI is InChI=1S/C12H15NOS/c1-14-10-5-2-6-11-12(10)9(8-15-11)4-3-7-13/h2,5-6,8H,3-4,7,13H2,1H3. The molecule has 0 amide bonds. The van der Waals surface area contributed by atoms with Crippen LogP contribution in [0.3, 0.4) is 0 Å². The molecular weight excluding hydrogens is 206 g/mol. The van der Waals surface area contributed by atoms with E-state index >= 15 is 0 Å². The first-order valence-electron chi connectivity index (χ1n) is 5.10. The van der Waals surface area contributed by atoms with Gasteiger partial charge in [-0.25, -0.2) is 0 Å². The molecule has 0 unspecified atom stereocenters. The van der Waals surface area contributed by atoms with Crippen LogP contribution in [0.4, 0.5) is 0 Å². The smallest absolute Gasteiger partial charge is 0.127 e. The van der Waals surface area contributed by atoms with Crippen LogP contribution >= 0.6 is 11.3 Å². The predicted octanol–water partition coefficient (Wildman–Crippen LogP) is 2.80. The van der Waals surface area contributed by atoms with Crippen molar-refractivity contribution in [2.45, 2.75) is 12.8 Å². The summed E-state index contributed by atoms with van der Waals surface area (Å²) in [6, 6.07) is 6.18. The summed E-state index contributed by atoms with van der Waals surface area (Å²) < 4.78 is 6.67. The average molecular weight is 221 g/mol. The Kier molecular flexibility index (Phi) is 3.23. The Bertz CT molecular complexity index is 450. The van der Waals surface area contributed by atoms with E-state index in [1.807, 2.05) is 12.1 Å². The number of hydrogen-bond donors (Lipinski definition) is 1. The van der Waals surface area contributed by atoms with E-state index in [1.54, 1.807) is 18.4 Å². The fourth-order valence-corrected chi connectivity index (χ4v) is 2.78. The van der Waals surface area contributed by atoms with Gasteiger partial charge in [-0.15, -0.1) is 11.3 Å². The number of methoxy groups -OCH3 is 1. The highest BCUT2D eigenvalue weighted by molar-refractivity contribution is 7.17. The molecule has 0 aliphatic carbocycles. The molecule has 3 heteroatoms. The van der Waals surface area contributed by atoms with Gasteiger partial charge in [0.15, 0.2) is 0 Å². The number of rotatable bonds is 4. The molecule has 1 aromatic carbocycles. The summed E-state index contributed by atoms with van der Waals surface area (Å²) in [5.74, 6) is 0.973. The van der Waals surface area contributed by atoms with Crippen LogP contribution in [0, 0.1) is 0 Å². The number of aryl methyl sites for hydroxylation is 1. The van der Waals surface area contributed by atoms with Gasteiger partial charge in [0.1, 0.15) is 5.75 Å². The van der Waals surface area contributed by atoms with Gasteiger partial charge < -0.3 is 10.5 Å². The predicted molar refractivity (Wildman–Crippen MR) is 65.8 cm³/mol. The van der Waals surface area contributed by atoms with Crippen LogP contribution in [0.15, 0.2) is 23.6 Å². The Morgan fingerprint density at radius 1 is 1.40 bits per heavy atom. The van der Waals surface area contributed by atoms with Gasteiger partial charge >= 0.3 is 0 Å². The Hall–Kier alpha value is -1.06. The third kappa shape index (κ3) is 1.98. The molecular formula is C12H15NOS. The first-order valence-corrected chi connectivity index (χ1v) is 5.98. The van der Waals surface area contributed by atoms with E-state index in [2.05, 4.69) is 11.4 Å². The number of fused-ring (bicyclic) bond motifs is 1. The minimum Gasteiger partial charge on any atom is -0.496 e. The second-order valence-electron chi connectivity index (χ2n) is 3.49. The summed E-state index contributed by atoms with van der Waals surface area (Å²) in [4.78, 5) is 0. The average Bonchev–Trinajstić information content (AvgIpc) is 2.69. The fraction of sp³-hybridized carbons (Fsp3) is 0.333. The Labute approximate surface area is 93.7 Å². The van der Waals surface area contributed by atoms with Gasteiger partial charge in [-0.05, 0) is 42.5 Å². The van der Waals surface area contributed by atoms with Crippen molar-refractivity contribution in [3.63, 3.8) is 0 Å². The van der Waals surface area contributed by atoms with Crippen LogP contribution in [0.1, 0.15) is 12.0 Å². The summed E-state index contributed by atoms with van der Waals surface area (Å²) in [5.41, 5.74) is 6.89. The number of nitrogens with two attached hydrogens (primary N) is 1. The number of ether oxygens (including phenoxy) is 1. The van der Waals surface area contributed by atoms with Crippen molar-refractivity contribution >= 4 is 21.4 Å². The largest absolute Gasteiger partial charge is 0.496 e. The topological polar surface area (TPSA) is 35.2 Å². The lowest BCUT2D eigenvalue weighted by molar-refractivity contribution is 0.419. The first-order chi connectivity index (χ1) is 7.36. The highest BCUT2D eigenvalue weighted by Crippen LogP contribution is 2.34. The minimum atomic E-state index is 0.743. The molecule has 0 saturated carbocycles. The lowest BCUT2D eigenvalue weighted by atomic mass is 10.1. The summed E-state index contributed by atoms with van der Waals surface area (Å²) >= 11 is 1.77. The maximum Gasteiger partial charge on any atom is 0.127 e. The molecule has 0 bridgehead atoms. The third-order valence-corrected chi connectivity index (χ3v) is 3.50. The summed E-state index contributed by atoms with van der Waals surface area (Å²) in [6.07, 6.45) is 2.07. The van der Waals surface area contributed by atoms with Crippen LogP contribution in [0.25, 0.3) is 10.1 Å². The molecule has 0 aliphatic heterocycles. The minimum absolute atomic E-state index is 0.743. The molecule has 2 rings (SSSR count). The van der Waals surface area contributed by atoms with Gasteiger partial charge in [0.25, 0.3) is 0 Å². The van der Waals surface area contributed by atoms with Crippen LogP contribution in [-0.2, 0) is 6.42 Å². The van der Waals surface area contributed by atoms with E-state index in [9.17, 15) is 0 Å². The maximum absolute atomic E-state index is 5.53. The van der Waals surface area contributed by atoms with Crippen molar-refractivity contribution in [1.82, 2.24) is 0 Å². The van der Waals surface area contributed by atoms with Crippen molar-refractivity contribution in [1.29, 1.82) is 0 Å². The van der Waals surface area contributed by atoms with Gasteiger partial charge in [-0.1, -0.05) is 6.07 Å². The van der Waals surface area contributed by atoms with E-state index in [1.165, 1.54) is 15.6 Å². The quantitative estimate of drug-likeness (QED) is 0.861. The number of benzene rings is 1. The zero-order valence-electron chi connectivity index (χ0n) is 8.82.